The monoisotopic (exact) mass is 421 g/mol. The standard InChI is InChI=1S/C18H16F5NO3S/c1-9(2)24(8-11-4-6-12(7-5-11)10(3)25)28(26,27)18-16(22)14(20)13(19)15(21)17(18)23/h4-7,9H,8H2,1-3H3. The largest absolute Gasteiger partial charge is 0.295 e. The maximum Gasteiger partial charge on any atom is 0.249 e. The minimum Gasteiger partial charge on any atom is -0.295 e. The molecule has 0 spiro atoms. The number of hydrogen-bond donors (Lipinski definition) is 0. The van der Waals surface area contributed by atoms with Crippen LogP contribution >= 0.6 is 0 Å². The van der Waals surface area contributed by atoms with E-state index in [1.54, 1.807) is 0 Å². The zero-order valence-corrected chi connectivity index (χ0v) is 15.9. The van der Waals surface area contributed by atoms with Crippen molar-refractivity contribution in [1.29, 1.82) is 0 Å². The first-order chi connectivity index (χ1) is 12.9. The number of halogens is 5. The third-order valence-electron chi connectivity index (χ3n) is 4.01. The van der Waals surface area contributed by atoms with Gasteiger partial charge in [0.25, 0.3) is 0 Å². The Labute approximate surface area is 158 Å². The second kappa shape index (κ2) is 7.96. The molecule has 0 N–H and O–H groups in total. The number of carbonyl (C=O) groups is 1. The van der Waals surface area contributed by atoms with Gasteiger partial charge in [0, 0.05) is 18.2 Å². The highest BCUT2D eigenvalue weighted by Crippen LogP contribution is 2.30. The van der Waals surface area contributed by atoms with E-state index in [4.69, 9.17) is 0 Å². The first-order valence-corrected chi connectivity index (χ1v) is 9.46. The predicted octanol–water partition coefficient (Wildman–Crippen LogP) is 4.18. The summed E-state index contributed by atoms with van der Waals surface area (Å²) >= 11 is 0. The smallest absolute Gasteiger partial charge is 0.249 e. The molecule has 0 unspecified atom stereocenters. The van der Waals surface area contributed by atoms with E-state index in [1.165, 1.54) is 45.0 Å². The number of sulfonamides is 1. The maximum atomic E-state index is 14.0. The number of hydrogen-bond acceptors (Lipinski definition) is 3. The van der Waals surface area contributed by atoms with E-state index in [1.807, 2.05) is 0 Å². The molecule has 152 valence electrons. The zero-order valence-electron chi connectivity index (χ0n) is 15.1. The summed E-state index contributed by atoms with van der Waals surface area (Å²) in [6, 6.07) is 4.86. The lowest BCUT2D eigenvalue weighted by Crippen LogP contribution is -2.37. The van der Waals surface area contributed by atoms with E-state index in [0.717, 1.165) is 0 Å². The van der Waals surface area contributed by atoms with Crippen molar-refractivity contribution in [2.45, 2.75) is 38.3 Å². The van der Waals surface area contributed by atoms with Crippen LogP contribution in [0.1, 0.15) is 36.7 Å². The average Bonchev–Trinajstić information content (AvgIpc) is 2.62. The molecule has 0 saturated heterocycles. The number of carbonyl (C=O) groups excluding carboxylic acids is 1. The second-order valence-electron chi connectivity index (χ2n) is 6.30. The highest BCUT2D eigenvalue weighted by molar-refractivity contribution is 7.89. The van der Waals surface area contributed by atoms with Gasteiger partial charge in [0.1, 0.15) is 0 Å². The Morgan fingerprint density at radius 1 is 0.893 bits per heavy atom. The molecule has 0 aliphatic heterocycles. The summed E-state index contributed by atoms with van der Waals surface area (Å²) < 4.78 is 94.3. The van der Waals surface area contributed by atoms with E-state index in [9.17, 15) is 35.2 Å². The van der Waals surface area contributed by atoms with E-state index < -0.39 is 56.6 Å². The van der Waals surface area contributed by atoms with Crippen molar-refractivity contribution in [3.63, 3.8) is 0 Å². The molecule has 0 aliphatic rings. The average molecular weight is 421 g/mol. The second-order valence-corrected chi connectivity index (χ2v) is 8.12. The van der Waals surface area contributed by atoms with Gasteiger partial charge in [0.2, 0.25) is 15.8 Å². The molecule has 10 heteroatoms. The highest BCUT2D eigenvalue weighted by atomic mass is 32.2. The van der Waals surface area contributed by atoms with Gasteiger partial charge >= 0.3 is 0 Å². The topological polar surface area (TPSA) is 54.5 Å². The summed E-state index contributed by atoms with van der Waals surface area (Å²) in [5, 5.41) is 0. The number of benzene rings is 2. The maximum absolute atomic E-state index is 14.0. The van der Waals surface area contributed by atoms with E-state index in [-0.39, 0.29) is 5.78 Å². The molecule has 0 fully saturated rings. The quantitative estimate of drug-likeness (QED) is 0.304. The van der Waals surface area contributed by atoms with Gasteiger partial charge in [0.15, 0.2) is 33.9 Å². The molecule has 2 rings (SSSR count). The number of ketones is 1. The van der Waals surface area contributed by atoms with Gasteiger partial charge in [0.05, 0.1) is 0 Å². The van der Waals surface area contributed by atoms with Crippen LogP contribution in [0.4, 0.5) is 22.0 Å². The van der Waals surface area contributed by atoms with Crippen molar-refractivity contribution in [1.82, 2.24) is 4.31 Å². The molecular weight excluding hydrogens is 405 g/mol. The van der Waals surface area contributed by atoms with Gasteiger partial charge in [-0.05, 0) is 26.3 Å². The van der Waals surface area contributed by atoms with Crippen LogP contribution in [0.3, 0.4) is 0 Å². The van der Waals surface area contributed by atoms with E-state index in [0.29, 0.717) is 15.4 Å². The molecule has 28 heavy (non-hydrogen) atoms. The lowest BCUT2D eigenvalue weighted by atomic mass is 10.1. The lowest BCUT2D eigenvalue weighted by Gasteiger charge is -2.26. The third-order valence-corrected chi connectivity index (χ3v) is 6.05. The molecule has 0 radical (unpaired) electrons. The molecule has 0 heterocycles. The van der Waals surface area contributed by atoms with Crippen molar-refractivity contribution in [2.75, 3.05) is 0 Å². The van der Waals surface area contributed by atoms with Gasteiger partial charge in [-0.2, -0.15) is 4.31 Å². The van der Waals surface area contributed by atoms with Crippen molar-refractivity contribution < 1.29 is 35.2 Å². The first kappa shape index (κ1) is 22.0. The Morgan fingerprint density at radius 2 is 1.32 bits per heavy atom. The lowest BCUT2D eigenvalue weighted by molar-refractivity contribution is 0.101. The van der Waals surface area contributed by atoms with Crippen molar-refractivity contribution in [3.8, 4) is 0 Å². The van der Waals surface area contributed by atoms with Crippen LogP contribution in [0.5, 0.6) is 0 Å². The summed E-state index contributed by atoms with van der Waals surface area (Å²) in [6.07, 6.45) is 0. The summed E-state index contributed by atoms with van der Waals surface area (Å²) in [4.78, 5) is 9.40. The fraction of sp³-hybridized carbons (Fsp3) is 0.278. The Hall–Kier alpha value is -2.33. The molecule has 4 nitrogen and oxygen atoms in total. The summed E-state index contributed by atoms with van der Waals surface area (Å²) in [5.41, 5.74) is 0.716. The van der Waals surface area contributed by atoms with Gasteiger partial charge in [-0.1, -0.05) is 24.3 Å². The minimum atomic E-state index is -5.08. The number of nitrogens with zero attached hydrogens (tertiary/aromatic N) is 1. The van der Waals surface area contributed by atoms with Crippen LogP contribution in [-0.2, 0) is 16.6 Å². The fourth-order valence-electron chi connectivity index (χ4n) is 2.50. The Morgan fingerprint density at radius 3 is 1.71 bits per heavy atom. The molecule has 0 aromatic heterocycles. The van der Waals surface area contributed by atoms with Gasteiger partial charge in [-0.3, -0.25) is 4.79 Å². The van der Waals surface area contributed by atoms with Gasteiger partial charge in [-0.25, -0.2) is 30.4 Å². The fourth-order valence-corrected chi connectivity index (χ4v) is 4.24. The van der Waals surface area contributed by atoms with Crippen molar-refractivity contribution >= 4 is 15.8 Å². The minimum absolute atomic E-state index is 0.221. The SMILES string of the molecule is CC(=O)c1ccc(CN(C(C)C)S(=O)(=O)c2c(F)c(F)c(F)c(F)c2F)cc1. The van der Waals surface area contributed by atoms with Crippen molar-refractivity contribution in [3.05, 3.63) is 64.5 Å². The van der Waals surface area contributed by atoms with Crippen LogP contribution in [0.2, 0.25) is 0 Å². The van der Waals surface area contributed by atoms with Crippen LogP contribution in [0.15, 0.2) is 29.2 Å². The molecule has 0 aliphatic carbocycles. The number of rotatable bonds is 6. The Bertz CT molecular complexity index is 992. The third kappa shape index (κ3) is 3.93. The molecule has 0 bridgehead atoms. The van der Waals surface area contributed by atoms with Crippen molar-refractivity contribution in [2.24, 2.45) is 0 Å². The van der Waals surface area contributed by atoms with Crippen LogP contribution < -0.4 is 0 Å². The van der Waals surface area contributed by atoms with Gasteiger partial charge < -0.3 is 0 Å². The Kier molecular flexibility index (Phi) is 6.24. The number of Topliss-reactive ketones (excluding diaryl/α,β-unsaturated/α-hetero) is 1. The molecule has 2 aromatic rings. The molecule has 0 amide bonds. The van der Waals surface area contributed by atoms with Gasteiger partial charge in [-0.15, -0.1) is 0 Å². The molecule has 0 saturated carbocycles. The van der Waals surface area contributed by atoms with E-state index in [2.05, 4.69) is 0 Å². The molecular formula is C18H16F5NO3S. The summed E-state index contributed by atoms with van der Waals surface area (Å²) in [6.45, 7) is 3.70. The summed E-state index contributed by atoms with van der Waals surface area (Å²) in [7, 11) is -5.08. The summed E-state index contributed by atoms with van der Waals surface area (Å²) in [5.74, 6) is -12.2. The van der Waals surface area contributed by atoms with Crippen LogP contribution in [0.25, 0.3) is 0 Å². The van der Waals surface area contributed by atoms with E-state index >= 15 is 0 Å². The van der Waals surface area contributed by atoms with Crippen LogP contribution in [-0.4, -0.2) is 24.5 Å². The zero-order chi connectivity index (χ0) is 21.4. The first-order valence-electron chi connectivity index (χ1n) is 8.02. The Balaban J connectivity index is 2.56. The molecule has 0 atom stereocenters. The predicted molar refractivity (Wildman–Crippen MR) is 90.5 cm³/mol. The van der Waals surface area contributed by atoms with Crippen LogP contribution in [0, 0.1) is 29.1 Å². The molecule has 2 aromatic carbocycles. The normalized spacial score (nSPS) is 12.1. The highest BCUT2D eigenvalue weighted by Gasteiger charge is 2.38.